The highest BCUT2D eigenvalue weighted by Crippen LogP contribution is 2.35. The maximum absolute atomic E-state index is 13.7. The van der Waals surface area contributed by atoms with Crippen molar-refractivity contribution in [2.24, 2.45) is 5.92 Å². The van der Waals surface area contributed by atoms with Gasteiger partial charge in [-0.2, -0.15) is 10.1 Å². The summed E-state index contributed by atoms with van der Waals surface area (Å²) in [5.74, 6) is -0.512. The number of carbonyl (C=O) groups excluding carboxylic acids is 1. The summed E-state index contributed by atoms with van der Waals surface area (Å²) in [5.41, 5.74) is 2.81. The summed E-state index contributed by atoms with van der Waals surface area (Å²) in [6, 6.07) is 13.6. The molecule has 9 heteroatoms. The lowest BCUT2D eigenvalue weighted by Crippen LogP contribution is -2.40. The van der Waals surface area contributed by atoms with E-state index in [9.17, 15) is 9.18 Å². The molecule has 0 bridgehead atoms. The third kappa shape index (κ3) is 3.96. The number of nitrogens with one attached hydrogen (secondary N) is 1. The Labute approximate surface area is 193 Å². The average molecular weight is 470 g/mol. The van der Waals surface area contributed by atoms with Gasteiger partial charge in [-0.25, -0.2) is 9.07 Å². The zero-order chi connectivity index (χ0) is 22.2. The van der Waals surface area contributed by atoms with Gasteiger partial charge in [-0.05, 0) is 50.1 Å². The van der Waals surface area contributed by atoms with Crippen molar-refractivity contribution in [3.05, 3.63) is 65.1 Å². The van der Waals surface area contributed by atoms with Crippen LogP contribution in [0.1, 0.15) is 18.5 Å². The van der Waals surface area contributed by atoms with E-state index in [0.717, 1.165) is 34.9 Å². The lowest BCUT2D eigenvalue weighted by atomic mass is 9.97. The zero-order valence-electron chi connectivity index (χ0n) is 17.4. The standard InChI is InChI=1S/C23H21ClFN5OS/c1-14-20-21(30(28-14)17-8-4-7-16(25)12-17)27-23(32-20)29-11-5-6-15(13-29)22(31)26-19-10-3-2-9-18(19)24/h2-4,7-10,12,15H,5-6,11,13H2,1H3,(H,26,31). The summed E-state index contributed by atoms with van der Waals surface area (Å²) >= 11 is 7.74. The van der Waals surface area contributed by atoms with E-state index >= 15 is 0 Å². The van der Waals surface area contributed by atoms with Gasteiger partial charge in [-0.1, -0.05) is 41.1 Å². The summed E-state index contributed by atoms with van der Waals surface area (Å²) in [4.78, 5) is 19.9. The molecule has 6 nitrogen and oxygen atoms in total. The highest BCUT2D eigenvalue weighted by molar-refractivity contribution is 7.22. The SMILES string of the molecule is Cc1nn(-c2cccc(F)c2)c2nc(N3CCCC(C(=O)Nc4ccccc4Cl)C3)sc12. The number of amides is 1. The molecule has 32 heavy (non-hydrogen) atoms. The Balaban J connectivity index is 1.39. The van der Waals surface area contributed by atoms with Crippen LogP contribution in [-0.2, 0) is 4.79 Å². The molecular formula is C23H21ClFN5OS. The maximum Gasteiger partial charge on any atom is 0.229 e. The van der Waals surface area contributed by atoms with Crippen molar-refractivity contribution >= 4 is 50.0 Å². The first-order valence-electron chi connectivity index (χ1n) is 10.4. The van der Waals surface area contributed by atoms with Gasteiger partial charge in [0.1, 0.15) is 5.82 Å². The first-order valence-corrected chi connectivity index (χ1v) is 11.6. The van der Waals surface area contributed by atoms with Crippen LogP contribution in [0.3, 0.4) is 0 Å². The van der Waals surface area contributed by atoms with E-state index in [1.807, 2.05) is 25.1 Å². The minimum atomic E-state index is -0.317. The lowest BCUT2D eigenvalue weighted by molar-refractivity contribution is -0.120. The molecule has 1 fully saturated rings. The number of rotatable bonds is 4. The van der Waals surface area contributed by atoms with E-state index in [0.29, 0.717) is 28.6 Å². The molecule has 1 saturated heterocycles. The number of benzene rings is 2. The van der Waals surface area contributed by atoms with Gasteiger partial charge in [0.2, 0.25) is 5.91 Å². The van der Waals surface area contributed by atoms with E-state index in [4.69, 9.17) is 16.6 Å². The predicted molar refractivity (Wildman–Crippen MR) is 126 cm³/mol. The van der Waals surface area contributed by atoms with Crippen LogP contribution in [0.2, 0.25) is 5.02 Å². The molecule has 1 atom stereocenters. The summed E-state index contributed by atoms with van der Waals surface area (Å²) in [7, 11) is 0. The molecule has 2 aromatic carbocycles. The quantitative estimate of drug-likeness (QED) is 0.432. The number of thiazole rings is 1. The fourth-order valence-electron chi connectivity index (χ4n) is 4.01. The molecule has 1 aliphatic rings. The summed E-state index contributed by atoms with van der Waals surface area (Å²) in [6.45, 7) is 3.34. The van der Waals surface area contributed by atoms with Crippen molar-refractivity contribution in [3.8, 4) is 5.69 Å². The van der Waals surface area contributed by atoms with Crippen molar-refractivity contribution in [2.75, 3.05) is 23.3 Å². The second-order valence-electron chi connectivity index (χ2n) is 7.88. The number of piperidine rings is 1. The molecule has 1 aliphatic heterocycles. The number of anilines is 2. The highest BCUT2D eigenvalue weighted by atomic mass is 35.5. The largest absolute Gasteiger partial charge is 0.347 e. The molecule has 1 amide bonds. The van der Waals surface area contributed by atoms with Gasteiger partial charge in [0.25, 0.3) is 0 Å². The minimum absolute atomic E-state index is 0.0361. The van der Waals surface area contributed by atoms with Gasteiger partial charge in [0.05, 0.1) is 32.7 Å². The number of fused-ring (bicyclic) bond motifs is 1. The molecule has 3 heterocycles. The number of nitrogens with zero attached hydrogens (tertiary/aromatic N) is 4. The van der Waals surface area contributed by atoms with Crippen LogP contribution >= 0.6 is 22.9 Å². The van der Waals surface area contributed by atoms with E-state index in [2.05, 4.69) is 15.3 Å². The van der Waals surface area contributed by atoms with E-state index in [1.54, 1.807) is 34.2 Å². The number of halogens is 2. The van der Waals surface area contributed by atoms with E-state index in [1.165, 1.54) is 12.1 Å². The smallest absolute Gasteiger partial charge is 0.229 e. The molecule has 4 aromatic rings. The molecule has 1 unspecified atom stereocenters. The third-order valence-electron chi connectivity index (χ3n) is 5.62. The summed E-state index contributed by atoms with van der Waals surface area (Å²) in [6.07, 6.45) is 1.71. The van der Waals surface area contributed by atoms with Gasteiger partial charge in [0, 0.05) is 13.1 Å². The van der Waals surface area contributed by atoms with Crippen molar-refractivity contribution in [3.63, 3.8) is 0 Å². The minimum Gasteiger partial charge on any atom is -0.347 e. The van der Waals surface area contributed by atoms with E-state index < -0.39 is 0 Å². The average Bonchev–Trinajstić information content (AvgIpc) is 3.36. The predicted octanol–water partition coefficient (Wildman–Crippen LogP) is 5.44. The van der Waals surface area contributed by atoms with Gasteiger partial charge in [0.15, 0.2) is 10.8 Å². The van der Waals surface area contributed by atoms with Crippen molar-refractivity contribution in [2.45, 2.75) is 19.8 Å². The van der Waals surface area contributed by atoms with Crippen LogP contribution in [0, 0.1) is 18.7 Å². The number of aromatic nitrogens is 3. The first-order chi connectivity index (χ1) is 15.5. The Morgan fingerprint density at radius 1 is 1.25 bits per heavy atom. The fourth-order valence-corrected chi connectivity index (χ4v) is 5.21. The third-order valence-corrected chi connectivity index (χ3v) is 7.17. The van der Waals surface area contributed by atoms with Gasteiger partial charge >= 0.3 is 0 Å². The molecular weight excluding hydrogens is 449 g/mol. The monoisotopic (exact) mass is 469 g/mol. The van der Waals surface area contributed by atoms with Crippen LogP contribution < -0.4 is 10.2 Å². The number of carbonyl (C=O) groups is 1. The molecule has 164 valence electrons. The Morgan fingerprint density at radius 3 is 2.91 bits per heavy atom. The number of aryl methyl sites for hydroxylation is 1. The summed E-state index contributed by atoms with van der Waals surface area (Å²) in [5, 5.41) is 8.88. The van der Waals surface area contributed by atoms with Gasteiger partial charge in [-0.15, -0.1) is 0 Å². The second-order valence-corrected chi connectivity index (χ2v) is 9.27. The zero-order valence-corrected chi connectivity index (χ0v) is 19.0. The number of hydrogen-bond donors (Lipinski definition) is 1. The molecule has 0 saturated carbocycles. The van der Waals surface area contributed by atoms with Crippen LogP contribution in [0.25, 0.3) is 16.0 Å². The second kappa shape index (κ2) is 8.52. The topological polar surface area (TPSA) is 63.1 Å². The molecule has 1 N–H and O–H groups in total. The van der Waals surface area contributed by atoms with Crippen molar-refractivity contribution in [1.82, 2.24) is 14.8 Å². The molecule has 0 spiro atoms. The summed E-state index contributed by atoms with van der Waals surface area (Å²) < 4.78 is 16.4. The Hall–Kier alpha value is -2.97. The molecule has 0 radical (unpaired) electrons. The first kappa shape index (κ1) is 20.9. The van der Waals surface area contributed by atoms with Crippen molar-refractivity contribution in [1.29, 1.82) is 0 Å². The normalized spacial score (nSPS) is 16.5. The Morgan fingerprint density at radius 2 is 2.09 bits per heavy atom. The lowest BCUT2D eigenvalue weighted by Gasteiger charge is -2.31. The maximum atomic E-state index is 13.7. The van der Waals surface area contributed by atoms with Crippen LogP contribution in [-0.4, -0.2) is 33.8 Å². The fraction of sp³-hybridized carbons (Fsp3) is 0.261. The van der Waals surface area contributed by atoms with Gasteiger partial charge < -0.3 is 10.2 Å². The van der Waals surface area contributed by atoms with Gasteiger partial charge in [-0.3, -0.25) is 4.79 Å². The Kier molecular flexibility index (Phi) is 5.57. The molecule has 0 aliphatic carbocycles. The molecule has 2 aromatic heterocycles. The Bertz CT molecular complexity index is 1300. The highest BCUT2D eigenvalue weighted by Gasteiger charge is 2.29. The number of hydrogen-bond acceptors (Lipinski definition) is 5. The van der Waals surface area contributed by atoms with Crippen LogP contribution in [0.15, 0.2) is 48.5 Å². The molecule has 5 rings (SSSR count). The van der Waals surface area contributed by atoms with Crippen LogP contribution in [0.4, 0.5) is 15.2 Å². The van der Waals surface area contributed by atoms with Crippen LogP contribution in [0.5, 0.6) is 0 Å². The van der Waals surface area contributed by atoms with Crippen molar-refractivity contribution < 1.29 is 9.18 Å². The number of para-hydroxylation sites is 1. The van der Waals surface area contributed by atoms with E-state index in [-0.39, 0.29) is 17.6 Å².